The Balaban J connectivity index is 2.08. The largest absolute Gasteiger partial charge is 0.365 e. The van der Waals surface area contributed by atoms with Gasteiger partial charge in [-0.25, -0.2) is 0 Å². The van der Waals surface area contributed by atoms with Gasteiger partial charge in [0, 0.05) is 19.8 Å². The smallest absolute Gasteiger partial charge is 0.243 e. The summed E-state index contributed by atoms with van der Waals surface area (Å²) < 4.78 is 1.78. The Hall–Kier alpha value is -2.30. The zero-order chi connectivity index (χ0) is 16.4. The number of carbonyl (C=O) groups excluding carboxylic acids is 1. The van der Waals surface area contributed by atoms with Crippen LogP contribution in [0.3, 0.4) is 0 Å². The Kier molecular flexibility index (Phi) is 4.54. The Morgan fingerprint density at radius 3 is 2.27 bits per heavy atom. The van der Waals surface area contributed by atoms with Gasteiger partial charge in [-0.05, 0) is 51.0 Å². The molecule has 0 saturated carbocycles. The second-order valence-corrected chi connectivity index (χ2v) is 5.92. The molecule has 2 rings (SSSR count). The Bertz CT molecular complexity index is 683. The summed E-state index contributed by atoms with van der Waals surface area (Å²) in [6, 6.07) is 6.29. The van der Waals surface area contributed by atoms with Gasteiger partial charge < -0.3 is 10.2 Å². The van der Waals surface area contributed by atoms with Crippen LogP contribution in [0.4, 0.5) is 11.4 Å². The highest BCUT2D eigenvalue weighted by atomic mass is 16.2. The third-order valence-electron chi connectivity index (χ3n) is 3.80. The summed E-state index contributed by atoms with van der Waals surface area (Å²) in [6.45, 7) is 8.27. The van der Waals surface area contributed by atoms with Gasteiger partial charge in [0.2, 0.25) is 5.91 Å². The SMILES string of the molecule is Cc1cc(C)cc(N(C)CC(=O)Nc2c(C)nn(C)c2C)c1. The van der Waals surface area contributed by atoms with Crippen LogP contribution in [0.15, 0.2) is 18.2 Å². The van der Waals surface area contributed by atoms with Gasteiger partial charge in [0.1, 0.15) is 0 Å². The molecule has 5 nitrogen and oxygen atoms in total. The van der Waals surface area contributed by atoms with Crippen LogP contribution < -0.4 is 10.2 Å². The fourth-order valence-corrected chi connectivity index (χ4v) is 2.61. The lowest BCUT2D eigenvalue weighted by Crippen LogP contribution is -2.30. The number of aromatic nitrogens is 2. The lowest BCUT2D eigenvalue weighted by atomic mass is 10.1. The normalized spacial score (nSPS) is 10.6. The van der Waals surface area contributed by atoms with E-state index in [4.69, 9.17) is 0 Å². The van der Waals surface area contributed by atoms with Crippen LogP contribution in [-0.4, -0.2) is 29.3 Å². The van der Waals surface area contributed by atoms with Gasteiger partial charge >= 0.3 is 0 Å². The summed E-state index contributed by atoms with van der Waals surface area (Å²) in [7, 11) is 3.80. The molecule has 0 fully saturated rings. The fourth-order valence-electron chi connectivity index (χ4n) is 2.61. The number of hydrogen-bond donors (Lipinski definition) is 1. The summed E-state index contributed by atoms with van der Waals surface area (Å²) in [5, 5.41) is 7.28. The van der Waals surface area contributed by atoms with Crippen LogP contribution in [0.2, 0.25) is 0 Å². The van der Waals surface area contributed by atoms with Crippen molar-refractivity contribution in [2.45, 2.75) is 27.7 Å². The number of rotatable bonds is 4. The lowest BCUT2D eigenvalue weighted by molar-refractivity contribution is -0.114. The molecular formula is C17H24N4O. The van der Waals surface area contributed by atoms with Crippen molar-refractivity contribution in [1.29, 1.82) is 0 Å². The molecule has 0 atom stereocenters. The first-order chi connectivity index (χ1) is 10.3. The molecule has 0 bridgehead atoms. The van der Waals surface area contributed by atoms with Crippen LogP contribution in [-0.2, 0) is 11.8 Å². The minimum absolute atomic E-state index is 0.0409. The zero-order valence-electron chi connectivity index (χ0n) is 14.2. The first kappa shape index (κ1) is 16.1. The van der Waals surface area contributed by atoms with E-state index >= 15 is 0 Å². The van der Waals surface area contributed by atoms with E-state index in [2.05, 4.69) is 42.5 Å². The predicted octanol–water partition coefficient (Wildman–Crippen LogP) is 2.73. The van der Waals surface area contributed by atoms with Crippen LogP contribution in [0, 0.1) is 27.7 Å². The van der Waals surface area contributed by atoms with Crippen molar-refractivity contribution in [3.8, 4) is 0 Å². The predicted molar refractivity (Wildman–Crippen MR) is 90.5 cm³/mol. The molecule has 0 saturated heterocycles. The average Bonchev–Trinajstić information content (AvgIpc) is 2.64. The molecule has 1 aromatic carbocycles. The second kappa shape index (κ2) is 6.22. The van der Waals surface area contributed by atoms with E-state index in [9.17, 15) is 4.79 Å². The van der Waals surface area contributed by atoms with E-state index in [0.29, 0.717) is 6.54 Å². The van der Waals surface area contributed by atoms with E-state index in [1.807, 2.05) is 32.8 Å². The topological polar surface area (TPSA) is 50.2 Å². The molecule has 5 heteroatoms. The number of nitrogens with one attached hydrogen (secondary N) is 1. The van der Waals surface area contributed by atoms with Crippen LogP contribution in [0.1, 0.15) is 22.5 Å². The van der Waals surface area contributed by atoms with Crippen molar-refractivity contribution < 1.29 is 4.79 Å². The summed E-state index contributed by atoms with van der Waals surface area (Å²) in [4.78, 5) is 14.2. The number of hydrogen-bond acceptors (Lipinski definition) is 3. The maximum Gasteiger partial charge on any atom is 0.243 e. The first-order valence-electron chi connectivity index (χ1n) is 7.37. The van der Waals surface area contributed by atoms with Gasteiger partial charge in [-0.15, -0.1) is 0 Å². The molecular weight excluding hydrogens is 276 g/mol. The highest BCUT2D eigenvalue weighted by Crippen LogP contribution is 2.20. The molecule has 1 N–H and O–H groups in total. The van der Waals surface area contributed by atoms with Crippen molar-refractivity contribution in [2.75, 3.05) is 23.8 Å². The molecule has 0 spiro atoms. The maximum absolute atomic E-state index is 12.3. The molecule has 0 aliphatic carbocycles. The van der Waals surface area contributed by atoms with Gasteiger partial charge in [0.15, 0.2) is 0 Å². The number of likely N-dealkylation sites (N-methyl/N-ethyl adjacent to an activating group) is 1. The van der Waals surface area contributed by atoms with Crippen molar-refractivity contribution >= 4 is 17.3 Å². The van der Waals surface area contributed by atoms with Gasteiger partial charge in [-0.3, -0.25) is 9.48 Å². The van der Waals surface area contributed by atoms with Crippen LogP contribution >= 0.6 is 0 Å². The highest BCUT2D eigenvalue weighted by Gasteiger charge is 2.14. The highest BCUT2D eigenvalue weighted by molar-refractivity contribution is 5.95. The standard InChI is InChI=1S/C17H24N4O/c1-11-7-12(2)9-15(8-11)20(5)10-16(22)18-17-13(3)19-21(6)14(17)4/h7-9H,10H2,1-6H3,(H,18,22). The van der Waals surface area contributed by atoms with E-state index in [1.54, 1.807) is 4.68 Å². The number of carbonyl (C=O) groups is 1. The number of amides is 1. The fraction of sp³-hybridized carbons (Fsp3) is 0.412. The summed E-state index contributed by atoms with van der Waals surface area (Å²) in [6.07, 6.45) is 0. The Morgan fingerprint density at radius 1 is 1.18 bits per heavy atom. The molecule has 2 aromatic rings. The van der Waals surface area contributed by atoms with Crippen LogP contribution in [0.25, 0.3) is 0 Å². The molecule has 1 heterocycles. The Morgan fingerprint density at radius 2 is 1.77 bits per heavy atom. The van der Waals surface area contributed by atoms with Gasteiger partial charge in [0.05, 0.1) is 23.6 Å². The number of aryl methyl sites for hydroxylation is 4. The molecule has 0 unspecified atom stereocenters. The third kappa shape index (κ3) is 3.47. The molecule has 1 aromatic heterocycles. The zero-order valence-corrected chi connectivity index (χ0v) is 14.2. The first-order valence-corrected chi connectivity index (χ1v) is 7.37. The van der Waals surface area contributed by atoms with E-state index in [-0.39, 0.29) is 5.91 Å². The summed E-state index contributed by atoms with van der Waals surface area (Å²) in [5.74, 6) is -0.0409. The lowest BCUT2D eigenvalue weighted by Gasteiger charge is -2.20. The molecule has 1 amide bonds. The maximum atomic E-state index is 12.3. The van der Waals surface area contributed by atoms with Crippen LogP contribution in [0.5, 0.6) is 0 Å². The van der Waals surface area contributed by atoms with E-state index < -0.39 is 0 Å². The van der Waals surface area contributed by atoms with Crippen molar-refractivity contribution in [3.63, 3.8) is 0 Å². The van der Waals surface area contributed by atoms with Gasteiger partial charge in [0.25, 0.3) is 0 Å². The monoisotopic (exact) mass is 300 g/mol. The van der Waals surface area contributed by atoms with E-state index in [1.165, 1.54) is 11.1 Å². The minimum Gasteiger partial charge on any atom is -0.365 e. The minimum atomic E-state index is -0.0409. The number of nitrogens with zero attached hydrogens (tertiary/aromatic N) is 3. The van der Waals surface area contributed by atoms with Crippen molar-refractivity contribution in [1.82, 2.24) is 9.78 Å². The summed E-state index contributed by atoms with van der Waals surface area (Å²) >= 11 is 0. The molecule has 118 valence electrons. The molecule has 0 aliphatic rings. The average molecular weight is 300 g/mol. The third-order valence-corrected chi connectivity index (χ3v) is 3.80. The van der Waals surface area contributed by atoms with E-state index in [0.717, 1.165) is 22.8 Å². The molecule has 0 radical (unpaired) electrons. The van der Waals surface area contributed by atoms with Gasteiger partial charge in [-0.1, -0.05) is 6.07 Å². The quantitative estimate of drug-likeness (QED) is 0.944. The molecule has 0 aliphatic heterocycles. The van der Waals surface area contributed by atoms with Crippen molar-refractivity contribution in [3.05, 3.63) is 40.7 Å². The Labute approximate surface area is 131 Å². The second-order valence-electron chi connectivity index (χ2n) is 5.92. The van der Waals surface area contributed by atoms with Crippen molar-refractivity contribution in [2.24, 2.45) is 7.05 Å². The van der Waals surface area contributed by atoms with Gasteiger partial charge in [-0.2, -0.15) is 5.10 Å². The molecule has 22 heavy (non-hydrogen) atoms. The summed E-state index contributed by atoms with van der Waals surface area (Å²) in [5.41, 5.74) is 6.04. The number of anilines is 2. The number of benzene rings is 1.